The van der Waals surface area contributed by atoms with Crippen molar-refractivity contribution in [1.82, 2.24) is 29.8 Å². The van der Waals surface area contributed by atoms with Gasteiger partial charge in [-0.3, -0.25) is 4.79 Å². The summed E-state index contributed by atoms with van der Waals surface area (Å²) in [6.45, 7) is 6.35. The lowest BCUT2D eigenvalue weighted by Crippen LogP contribution is -2.46. The van der Waals surface area contributed by atoms with Crippen molar-refractivity contribution < 1.29 is 0 Å². The molecule has 2 aromatic rings. The third-order valence-electron chi connectivity index (χ3n) is 6.27. The van der Waals surface area contributed by atoms with Gasteiger partial charge in [-0.15, -0.1) is 5.10 Å². The van der Waals surface area contributed by atoms with E-state index in [4.69, 9.17) is 0 Å². The predicted molar refractivity (Wildman–Crippen MR) is 110 cm³/mol. The molecule has 2 aromatic heterocycles. The summed E-state index contributed by atoms with van der Waals surface area (Å²) in [6, 6.07) is 6.82. The van der Waals surface area contributed by atoms with Crippen LogP contribution in [-0.2, 0) is 0 Å². The molecule has 1 saturated heterocycles. The Morgan fingerprint density at radius 1 is 0.964 bits per heavy atom. The van der Waals surface area contributed by atoms with Crippen LogP contribution in [0.25, 0.3) is 5.82 Å². The third kappa shape index (κ3) is 4.20. The first kappa shape index (κ1) is 19.3. The fraction of sp³-hybridized carbons (Fsp3) is 0.667. The molecule has 0 bridgehead atoms. The van der Waals surface area contributed by atoms with Crippen LogP contribution in [0.1, 0.15) is 56.0 Å². The maximum absolute atomic E-state index is 12.5. The highest BCUT2D eigenvalue weighted by Gasteiger charge is 2.26. The molecule has 152 valence electrons. The Bertz CT molecular complexity index is 856. The van der Waals surface area contributed by atoms with Gasteiger partial charge in [0.05, 0.1) is 11.7 Å². The maximum atomic E-state index is 12.5. The molecule has 1 aliphatic carbocycles. The molecule has 1 saturated carbocycles. The number of aryl methyl sites for hydroxylation is 2. The zero-order valence-corrected chi connectivity index (χ0v) is 17.3. The Labute approximate surface area is 166 Å². The lowest BCUT2D eigenvalue weighted by Gasteiger charge is -2.35. The quantitative estimate of drug-likeness (QED) is 0.875. The van der Waals surface area contributed by atoms with Crippen LogP contribution in [0, 0.1) is 13.8 Å². The monoisotopic (exact) mass is 384 g/mol. The standard InChI is InChI=1S/C21H32N6O/c1-15-14-16(2)26(23-15)20-8-9-21(28)27(24-20)19-6-4-17(5-7-19)22-18-10-12-25(3)13-11-18/h8-9,14,17-19,22H,4-7,10-13H2,1-3H3. The zero-order valence-electron chi connectivity index (χ0n) is 17.3. The van der Waals surface area contributed by atoms with Gasteiger partial charge in [0.15, 0.2) is 5.82 Å². The largest absolute Gasteiger partial charge is 0.311 e. The van der Waals surface area contributed by atoms with Crippen LogP contribution in [0.15, 0.2) is 23.0 Å². The molecule has 7 nitrogen and oxygen atoms in total. The number of nitrogens with one attached hydrogen (secondary N) is 1. The lowest BCUT2D eigenvalue weighted by molar-refractivity contribution is 0.199. The van der Waals surface area contributed by atoms with E-state index < -0.39 is 0 Å². The van der Waals surface area contributed by atoms with E-state index >= 15 is 0 Å². The van der Waals surface area contributed by atoms with E-state index in [1.807, 2.05) is 24.6 Å². The maximum Gasteiger partial charge on any atom is 0.267 e. The highest BCUT2D eigenvalue weighted by molar-refractivity contribution is 5.24. The van der Waals surface area contributed by atoms with Gasteiger partial charge in [0, 0.05) is 23.8 Å². The second-order valence-corrected chi connectivity index (χ2v) is 8.56. The fourth-order valence-corrected chi connectivity index (χ4v) is 4.65. The second-order valence-electron chi connectivity index (χ2n) is 8.56. The minimum absolute atomic E-state index is 0.0167. The van der Waals surface area contributed by atoms with Crippen LogP contribution < -0.4 is 10.9 Å². The first-order valence-corrected chi connectivity index (χ1v) is 10.6. The van der Waals surface area contributed by atoms with E-state index in [1.165, 1.54) is 25.9 Å². The molecule has 0 radical (unpaired) electrons. The summed E-state index contributed by atoms with van der Waals surface area (Å²) in [4.78, 5) is 14.9. The van der Waals surface area contributed by atoms with E-state index in [-0.39, 0.29) is 11.6 Å². The van der Waals surface area contributed by atoms with E-state index in [1.54, 1.807) is 16.8 Å². The lowest BCUT2D eigenvalue weighted by atomic mass is 9.90. The molecule has 28 heavy (non-hydrogen) atoms. The SMILES string of the molecule is Cc1cc(C)n(-c2ccc(=O)n(C3CCC(NC4CCN(C)CC4)CC3)n2)n1. The second kappa shape index (κ2) is 8.17. The Balaban J connectivity index is 1.41. The highest BCUT2D eigenvalue weighted by Crippen LogP contribution is 2.28. The smallest absolute Gasteiger partial charge is 0.267 e. The molecule has 3 heterocycles. The van der Waals surface area contributed by atoms with Crippen LogP contribution in [0.4, 0.5) is 0 Å². The number of rotatable bonds is 4. The Morgan fingerprint density at radius 2 is 1.64 bits per heavy atom. The van der Waals surface area contributed by atoms with Crippen LogP contribution in [-0.4, -0.2) is 56.7 Å². The van der Waals surface area contributed by atoms with E-state index in [9.17, 15) is 4.79 Å². The molecule has 0 unspecified atom stereocenters. The molecule has 1 aliphatic heterocycles. The van der Waals surface area contributed by atoms with Crippen LogP contribution >= 0.6 is 0 Å². The Kier molecular flexibility index (Phi) is 5.64. The Morgan fingerprint density at radius 3 is 2.29 bits per heavy atom. The third-order valence-corrected chi connectivity index (χ3v) is 6.27. The van der Waals surface area contributed by atoms with Gasteiger partial charge in [0.1, 0.15) is 0 Å². The average Bonchev–Trinajstić information content (AvgIpc) is 3.03. The molecule has 0 spiro atoms. The van der Waals surface area contributed by atoms with Crippen molar-refractivity contribution >= 4 is 0 Å². The van der Waals surface area contributed by atoms with Crippen molar-refractivity contribution in [3.8, 4) is 5.82 Å². The van der Waals surface area contributed by atoms with Crippen LogP contribution in [0.2, 0.25) is 0 Å². The molecule has 0 amide bonds. The summed E-state index contributed by atoms with van der Waals surface area (Å²) in [6.07, 6.45) is 6.68. The van der Waals surface area contributed by atoms with Gasteiger partial charge < -0.3 is 10.2 Å². The molecule has 2 fully saturated rings. The van der Waals surface area contributed by atoms with E-state index in [0.29, 0.717) is 12.1 Å². The minimum atomic E-state index is -0.0167. The van der Waals surface area contributed by atoms with E-state index in [2.05, 4.69) is 27.5 Å². The first-order chi connectivity index (χ1) is 13.5. The average molecular weight is 385 g/mol. The molecular weight excluding hydrogens is 352 g/mol. The summed E-state index contributed by atoms with van der Waals surface area (Å²) >= 11 is 0. The molecule has 4 rings (SSSR count). The summed E-state index contributed by atoms with van der Waals surface area (Å²) < 4.78 is 3.51. The van der Waals surface area contributed by atoms with Crippen molar-refractivity contribution in [1.29, 1.82) is 0 Å². The van der Waals surface area contributed by atoms with Gasteiger partial charge in [-0.1, -0.05) is 0 Å². The highest BCUT2D eigenvalue weighted by atomic mass is 16.1. The number of piperidine rings is 1. The van der Waals surface area contributed by atoms with Crippen molar-refractivity contribution in [3.05, 3.63) is 39.9 Å². The van der Waals surface area contributed by atoms with Gasteiger partial charge in [0.2, 0.25) is 0 Å². The minimum Gasteiger partial charge on any atom is -0.311 e. The number of aromatic nitrogens is 4. The number of nitrogens with zero attached hydrogens (tertiary/aromatic N) is 5. The van der Waals surface area contributed by atoms with Gasteiger partial charge >= 0.3 is 0 Å². The van der Waals surface area contributed by atoms with Gasteiger partial charge in [0.25, 0.3) is 5.56 Å². The molecule has 2 aliphatic rings. The Hall–Kier alpha value is -1.99. The molecule has 1 N–H and O–H groups in total. The van der Waals surface area contributed by atoms with Crippen molar-refractivity contribution in [3.63, 3.8) is 0 Å². The molecular formula is C21H32N6O. The fourth-order valence-electron chi connectivity index (χ4n) is 4.65. The molecule has 0 atom stereocenters. The van der Waals surface area contributed by atoms with Gasteiger partial charge in [-0.25, -0.2) is 9.36 Å². The summed E-state index contributed by atoms with van der Waals surface area (Å²) in [5.74, 6) is 0.719. The van der Waals surface area contributed by atoms with Gasteiger partial charge in [-0.2, -0.15) is 5.10 Å². The predicted octanol–water partition coefficient (Wildman–Crippen LogP) is 2.21. The van der Waals surface area contributed by atoms with Crippen molar-refractivity contribution in [2.75, 3.05) is 20.1 Å². The van der Waals surface area contributed by atoms with Crippen LogP contribution in [0.3, 0.4) is 0 Å². The summed E-state index contributed by atoms with van der Waals surface area (Å²) in [7, 11) is 2.20. The number of hydrogen-bond donors (Lipinski definition) is 1. The summed E-state index contributed by atoms with van der Waals surface area (Å²) in [5.41, 5.74) is 1.97. The van der Waals surface area contributed by atoms with Crippen molar-refractivity contribution in [2.45, 2.75) is 70.5 Å². The van der Waals surface area contributed by atoms with Gasteiger partial charge in [-0.05, 0) is 84.6 Å². The van der Waals surface area contributed by atoms with Crippen LogP contribution in [0.5, 0.6) is 0 Å². The topological polar surface area (TPSA) is 68.0 Å². The number of hydrogen-bond acceptors (Lipinski definition) is 5. The summed E-state index contributed by atoms with van der Waals surface area (Å²) in [5, 5.41) is 13.0. The normalized spacial score (nSPS) is 24.5. The van der Waals surface area contributed by atoms with Crippen molar-refractivity contribution in [2.24, 2.45) is 0 Å². The zero-order chi connectivity index (χ0) is 19.7. The molecule has 0 aromatic carbocycles. The van der Waals surface area contributed by atoms with E-state index in [0.717, 1.165) is 42.9 Å². The first-order valence-electron chi connectivity index (χ1n) is 10.6. The molecule has 7 heteroatoms. The number of likely N-dealkylation sites (tertiary alicyclic amines) is 1.